The van der Waals surface area contributed by atoms with E-state index in [0.29, 0.717) is 19.1 Å². The van der Waals surface area contributed by atoms with Crippen LogP contribution in [0, 0.1) is 5.92 Å². The molecule has 0 unspecified atom stereocenters. The van der Waals surface area contributed by atoms with E-state index in [9.17, 15) is 4.79 Å². The average molecular weight is 316 g/mol. The number of fused-ring (bicyclic) bond motifs is 4. The van der Waals surface area contributed by atoms with Gasteiger partial charge in [-0.25, -0.2) is 9.97 Å². The van der Waals surface area contributed by atoms with Gasteiger partial charge in [-0.1, -0.05) is 0 Å². The lowest BCUT2D eigenvalue weighted by atomic mass is 9.94. The van der Waals surface area contributed by atoms with Crippen molar-refractivity contribution in [2.24, 2.45) is 5.92 Å². The Morgan fingerprint density at radius 2 is 2.00 bits per heavy atom. The van der Waals surface area contributed by atoms with E-state index < -0.39 is 0 Å². The van der Waals surface area contributed by atoms with Gasteiger partial charge >= 0.3 is 0 Å². The minimum Gasteiger partial charge on any atom is -0.383 e. The lowest BCUT2D eigenvalue weighted by Crippen LogP contribution is -2.49. The number of aromatic nitrogens is 2. The Morgan fingerprint density at radius 1 is 1.17 bits per heavy atom. The molecule has 4 aliphatic rings. The van der Waals surface area contributed by atoms with Gasteiger partial charge in [-0.05, 0) is 25.7 Å². The molecule has 1 aliphatic carbocycles. The lowest BCUT2D eigenvalue weighted by Gasteiger charge is -2.35. The third-order valence-corrected chi connectivity index (χ3v) is 5.32. The number of carbonyl (C=O) groups excluding carboxylic acids is 1. The maximum atomic E-state index is 12.7. The molecule has 0 spiro atoms. The van der Waals surface area contributed by atoms with Crippen molar-refractivity contribution in [1.82, 2.24) is 14.9 Å². The number of hydrogen-bond acceptors (Lipinski definition) is 5. The third kappa shape index (κ3) is 2.92. The van der Waals surface area contributed by atoms with Crippen LogP contribution in [-0.2, 0) is 9.53 Å². The van der Waals surface area contributed by atoms with E-state index in [-0.39, 0.29) is 17.9 Å². The van der Waals surface area contributed by atoms with Gasteiger partial charge in [0, 0.05) is 50.5 Å². The highest BCUT2D eigenvalue weighted by atomic mass is 16.5. The monoisotopic (exact) mass is 316 g/mol. The van der Waals surface area contributed by atoms with Crippen molar-refractivity contribution < 1.29 is 9.53 Å². The molecule has 0 aromatic carbocycles. The van der Waals surface area contributed by atoms with Crippen LogP contribution in [0.15, 0.2) is 12.4 Å². The highest BCUT2D eigenvalue weighted by Gasteiger charge is 2.40. The molecule has 6 nitrogen and oxygen atoms in total. The molecule has 124 valence electrons. The minimum atomic E-state index is 0.0879. The Morgan fingerprint density at radius 3 is 2.78 bits per heavy atom. The standard InChI is InChI=1S/C17H24N4O2/c1-23-7-6-21-14-5-4-13(17(21)22)9-20(10-14)16-8-15(12-2-3-12)18-11-19-16/h8,11-14H,2-7,9-10H2,1H3/t13-,14+/m1/s1. The molecule has 2 bridgehead atoms. The van der Waals surface area contributed by atoms with E-state index in [4.69, 9.17) is 4.74 Å². The van der Waals surface area contributed by atoms with E-state index in [0.717, 1.165) is 37.4 Å². The first kappa shape index (κ1) is 14.9. The highest BCUT2D eigenvalue weighted by molar-refractivity contribution is 5.81. The van der Waals surface area contributed by atoms with Crippen LogP contribution in [0.2, 0.25) is 0 Å². The molecule has 1 aromatic rings. The second kappa shape index (κ2) is 6.07. The van der Waals surface area contributed by atoms with Crippen molar-refractivity contribution in [3.63, 3.8) is 0 Å². The number of nitrogens with zero attached hydrogens (tertiary/aromatic N) is 4. The summed E-state index contributed by atoms with van der Waals surface area (Å²) < 4.78 is 5.17. The smallest absolute Gasteiger partial charge is 0.227 e. The predicted molar refractivity (Wildman–Crippen MR) is 86.3 cm³/mol. The quantitative estimate of drug-likeness (QED) is 0.822. The van der Waals surface area contributed by atoms with Gasteiger partial charge in [0.15, 0.2) is 0 Å². The summed E-state index contributed by atoms with van der Waals surface area (Å²) in [7, 11) is 1.69. The van der Waals surface area contributed by atoms with Crippen LogP contribution in [0.1, 0.15) is 37.3 Å². The van der Waals surface area contributed by atoms with E-state index in [1.807, 2.05) is 4.90 Å². The number of rotatable bonds is 5. The van der Waals surface area contributed by atoms with Crippen LogP contribution in [0.25, 0.3) is 0 Å². The highest BCUT2D eigenvalue weighted by Crippen LogP contribution is 2.40. The summed E-state index contributed by atoms with van der Waals surface area (Å²) in [5.74, 6) is 1.99. The number of amides is 1. The summed E-state index contributed by atoms with van der Waals surface area (Å²) in [4.78, 5) is 25.9. The van der Waals surface area contributed by atoms with Crippen molar-refractivity contribution in [1.29, 1.82) is 0 Å². The molecule has 0 radical (unpaired) electrons. The summed E-state index contributed by atoms with van der Waals surface area (Å²) in [5.41, 5.74) is 1.16. The molecule has 4 fully saturated rings. The second-order valence-corrected chi connectivity index (χ2v) is 6.93. The van der Waals surface area contributed by atoms with Gasteiger partial charge in [0.25, 0.3) is 0 Å². The fourth-order valence-corrected chi connectivity index (χ4v) is 3.85. The lowest BCUT2D eigenvalue weighted by molar-refractivity contribution is -0.140. The Balaban J connectivity index is 1.55. The Kier molecular flexibility index (Phi) is 3.93. The molecule has 1 saturated carbocycles. The molecule has 3 aliphatic heterocycles. The number of methoxy groups -OCH3 is 1. The second-order valence-electron chi connectivity index (χ2n) is 6.93. The summed E-state index contributed by atoms with van der Waals surface area (Å²) >= 11 is 0. The molecule has 23 heavy (non-hydrogen) atoms. The van der Waals surface area contributed by atoms with Crippen molar-refractivity contribution in [2.75, 3.05) is 38.3 Å². The zero-order valence-electron chi connectivity index (χ0n) is 13.6. The van der Waals surface area contributed by atoms with Gasteiger partial charge in [-0.15, -0.1) is 0 Å². The maximum absolute atomic E-state index is 12.7. The van der Waals surface area contributed by atoms with E-state index in [2.05, 4.69) is 20.9 Å². The van der Waals surface area contributed by atoms with E-state index >= 15 is 0 Å². The fourth-order valence-electron chi connectivity index (χ4n) is 3.85. The van der Waals surface area contributed by atoms with E-state index in [1.54, 1.807) is 13.4 Å². The predicted octanol–water partition coefficient (Wildman–Crippen LogP) is 1.43. The number of carbonyl (C=O) groups is 1. The van der Waals surface area contributed by atoms with Crippen molar-refractivity contribution in [3.8, 4) is 0 Å². The third-order valence-electron chi connectivity index (χ3n) is 5.32. The van der Waals surface area contributed by atoms with Crippen LogP contribution in [0.4, 0.5) is 5.82 Å². The molecule has 1 aromatic heterocycles. The van der Waals surface area contributed by atoms with Crippen molar-refractivity contribution in [2.45, 2.75) is 37.6 Å². The molecule has 2 atom stereocenters. The van der Waals surface area contributed by atoms with Crippen LogP contribution in [-0.4, -0.2) is 60.2 Å². The van der Waals surface area contributed by atoms with Crippen LogP contribution < -0.4 is 4.90 Å². The first-order valence-corrected chi connectivity index (χ1v) is 8.62. The Labute approximate surface area is 136 Å². The van der Waals surface area contributed by atoms with Crippen molar-refractivity contribution >= 4 is 11.7 Å². The normalized spacial score (nSPS) is 27.4. The Hall–Kier alpha value is -1.69. The first-order valence-electron chi connectivity index (χ1n) is 8.62. The molecule has 0 N–H and O–H groups in total. The van der Waals surface area contributed by atoms with Gasteiger partial charge in [-0.3, -0.25) is 4.79 Å². The summed E-state index contributed by atoms with van der Waals surface area (Å²) in [6.45, 7) is 2.95. The fraction of sp³-hybridized carbons (Fsp3) is 0.706. The van der Waals surface area contributed by atoms with Gasteiger partial charge in [-0.2, -0.15) is 0 Å². The molecule has 3 saturated heterocycles. The minimum absolute atomic E-state index is 0.0879. The zero-order valence-corrected chi connectivity index (χ0v) is 13.6. The molecule has 4 heterocycles. The van der Waals surface area contributed by atoms with E-state index in [1.165, 1.54) is 12.8 Å². The summed E-state index contributed by atoms with van der Waals surface area (Å²) in [6, 6.07) is 2.41. The van der Waals surface area contributed by atoms with Gasteiger partial charge in [0.1, 0.15) is 12.1 Å². The Bertz CT molecular complexity index is 590. The molecular formula is C17H24N4O2. The molecule has 1 amide bonds. The average Bonchev–Trinajstić information content (AvgIpc) is 3.42. The molecule has 5 rings (SSSR count). The molecule has 6 heteroatoms. The molecular weight excluding hydrogens is 292 g/mol. The van der Waals surface area contributed by atoms with Crippen LogP contribution >= 0.6 is 0 Å². The number of hydrogen-bond donors (Lipinski definition) is 0. The SMILES string of the molecule is COCCN1C(=O)[C@@H]2CC[C@H]1CN(c1cc(C3CC3)ncn1)C2. The van der Waals surface area contributed by atoms with Crippen LogP contribution in [0.5, 0.6) is 0 Å². The zero-order chi connectivity index (χ0) is 15.8. The summed E-state index contributed by atoms with van der Waals surface area (Å²) in [5, 5.41) is 0. The van der Waals surface area contributed by atoms with Crippen LogP contribution in [0.3, 0.4) is 0 Å². The topological polar surface area (TPSA) is 58.6 Å². The first-order chi connectivity index (χ1) is 11.3. The number of ether oxygens (including phenoxy) is 1. The summed E-state index contributed by atoms with van der Waals surface area (Å²) in [6.07, 6.45) is 6.23. The van der Waals surface area contributed by atoms with Gasteiger partial charge < -0.3 is 14.5 Å². The van der Waals surface area contributed by atoms with Gasteiger partial charge in [0.05, 0.1) is 12.5 Å². The largest absolute Gasteiger partial charge is 0.383 e. The number of anilines is 1. The van der Waals surface area contributed by atoms with Gasteiger partial charge in [0.2, 0.25) is 5.91 Å². The van der Waals surface area contributed by atoms with Crippen molar-refractivity contribution in [3.05, 3.63) is 18.1 Å². The number of piperidine rings is 1. The maximum Gasteiger partial charge on any atom is 0.227 e.